The number of rotatable bonds is 0. The first-order valence-corrected chi connectivity index (χ1v) is 3.77. The Morgan fingerprint density at radius 2 is 2.15 bits per heavy atom. The lowest BCUT2D eigenvalue weighted by molar-refractivity contribution is -0.112. The molecule has 1 amide bonds. The summed E-state index contributed by atoms with van der Waals surface area (Å²) in [5.41, 5.74) is 12.7. The lowest BCUT2D eigenvalue weighted by Crippen LogP contribution is -2.06. The maximum absolute atomic E-state index is 10.4. The van der Waals surface area contributed by atoms with Crippen LogP contribution in [0.25, 0.3) is 0 Å². The lowest BCUT2D eigenvalue weighted by atomic mass is 10.1. The van der Waals surface area contributed by atoms with E-state index in [0.29, 0.717) is 11.3 Å². The molecule has 0 bridgehead atoms. The topological polar surface area (TPSA) is 69.1 Å². The third-order valence-corrected chi connectivity index (χ3v) is 1.53. The van der Waals surface area contributed by atoms with Gasteiger partial charge in [0.25, 0.3) is 5.91 Å². The van der Waals surface area contributed by atoms with Crippen molar-refractivity contribution in [3.8, 4) is 11.8 Å². The molecule has 0 saturated heterocycles. The minimum Gasteiger partial charge on any atom is -0.398 e. The Hall–Kier alpha value is -1.95. The van der Waals surface area contributed by atoms with Crippen LogP contribution in [0.3, 0.4) is 0 Å². The van der Waals surface area contributed by atoms with E-state index in [1.165, 1.54) is 0 Å². The van der Waals surface area contributed by atoms with E-state index in [4.69, 9.17) is 11.5 Å². The Bertz CT molecular complexity index is 399. The molecule has 0 fully saturated rings. The van der Waals surface area contributed by atoms with Crippen LogP contribution in [-0.4, -0.2) is 5.91 Å². The van der Waals surface area contributed by atoms with Gasteiger partial charge in [-0.3, -0.25) is 4.79 Å². The quantitative estimate of drug-likeness (QED) is 0.442. The molecule has 0 aliphatic heterocycles. The molecule has 0 radical (unpaired) electrons. The van der Waals surface area contributed by atoms with Crippen LogP contribution in [0.2, 0.25) is 0 Å². The summed E-state index contributed by atoms with van der Waals surface area (Å²) in [6, 6.07) is 5.44. The molecular weight excluding hydrogens is 164 g/mol. The van der Waals surface area contributed by atoms with Gasteiger partial charge < -0.3 is 11.5 Å². The number of amides is 1. The molecule has 0 atom stereocenters. The monoisotopic (exact) mass is 174 g/mol. The molecule has 1 aromatic rings. The number of benzene rings is 1. The van der Waals surface area contributed by atoms with Gasteiger partial charge in [0.15, 0.2) is 0 Å². The summed E-state index contributed by atoms with van der Waals surface area (Å²) in [6.07, 6.45) is 0. The first kappa shape index (κ1) is 9.14. The number of hydrogen-bond donors (Lipinski definition) is 2. The van der Waals surface area contributed by atoms with E-state index in [0.717, 1.165) is 5.56 Å². The number of nitrogens with two attached hydrogens (primary N) is 2. The van der Waals surface area contributed by atoms with Crippen molar-refractivity contribution in [3.05, 3.63) is 29.3 Å². The molecule has 1 rings (SSSR count). The molecule has 3 heteroatoms. The van der Waals surface area contributed by atoms with Crippen molar-refractivity contribution < 1.29 is 4.79 Å². The van der Waals surface area contributed by atoms with Gasteiger partial charge in [0.1, 0.15) is 0 Å². The van der Waals surface area contributed by atoms with Crippen molar-refractivity contribution in [3.63, 3.8) is 0 Å². The molecule has 0 saturated carbocycles. The van der Waals surface area contributed by atoms with Crippen LogP contribution in [0.1, 0.15) is 11.1 Å². The number of hydrogen-bond acceptors (Lipinski definition) is 2. The van der Waals surface area contributed by atoms with Crippen LogP contribution >= 0.6 is 0 Å². The molecule has 0 unspecified atom stereocenters. The van der Waals surface area contributed by atoms with E-state index in [2.05, 4.69) is 11.8 Å². The highest BCUT2D eigenvalue weighted by Crippen LogP contribution is 2.11. The van der Waals surface area contributed by atoms with E-state index in [9.17, 15) is 4.79 Å². The average Bonchev–Trinajstić information content (AvgIpc) is 2.06. The highest BCUT2D eigenvalue weighted by Gasteiger charge is 1.94. The number of carbonyl (C=O) groups is 1. The predicted molar refractivity (Wildman–Crippen MR) is 51.7 cm³/mol. The highest BCUT2D eigenvalue weighted by atomic mass is 16.1. The molecule has 3 nitrogen and oxygen atoms in total. The summed E-state index contributed by atoms with van der Waals surface area (Å²) in [5.74, 6) is 4.19. The van der Waals surface area contributed by atoms with Crippen molar-refractivity contribution in [2.75, 3.05) is 5.73 Å². The van der Waals surface area contributed by atoms with E-state index in [1.54, 1.807) is 6.07 Å². The zero-order chi connectivity index (χ0) is 9.84. The molecule has 13 heavy (non-hydrogen) atoms. The summed E-state index contributed by atoms with van der Waals surface area (Å²) < 4.78 is 0. The van der Waals surface area contributed by atoms with Crippen molar-refractivity contribution >= 4 is 11.6 Å². The Kier molecular flexibility index (Phi) is 2.56. The largest absolute Gasteiger partial charge is 0.398 e. The minimum atomic E-state index is -0.652. The number of anilines is 1. The zero-order valence-electron chi connectivity index (χ0n) is 7.29. The first-order valence-electron chi connectivity index (χ1n) is 3.77. The molecular formula is C10H10N2O. The predicted octanol–water partition coefficient (Wildman–Crippen LogP) is 0.414. The van der Waals surface area contributed by atoms with Gasteiger partial charge in [0.2, 0.25) is 0 Å². The van der Waals surface area contributed by atoms with Gasteiger partial charge in [-0.25, -0.2) is 0 Å². The van der Waals surface area contributed by atoms with Crippen LogP contribution in [0, 0.1) is 18.8 Å². The lowest BCUT2D eigenvalue weighted by Gasteiger charge is -1.98. The van der Waals surface area contributed by atoms with E-state index >= 15 is 0 Å². The van der Waals surface area contributed by atoms with E-state index in [1.807, 2.05) is 19.1 Å². The third-order valence-electron chi connectivity index (χ3n) is 1.53. The zero-order valence-corrected chi connectivity index (χ0v) is 7.29. The van der Waals surface area contributed by atoms with E-state index < -0.39 is 5.91 Å². The summed E-state index contributed by atoms with van der Waals surface area (Å²) in [4.78, 5) is 10.4. The third kappa shape index (κ3) is 2.53. The number of primary amides is 1. The van der Waals surface area contributed by atoms with Crippen LogP contribution in [-0.2, 0) is 4.79 Å². The molecule has 0 aliphatic rings. The summed E-state index contributed by atoms with van der Waals surface area (Å²) in [7, 11) is 0. The Balaban J connectivity index is 3.09. The van der Waals surface area contributed by atoms with Crippen LogP contribution in [0.4, 0.5) is 5.69 Å². The molecule has 0 aliphatic carbocycles. The minimum absolute atomic E-state index is 0.555. The molecule has 4 N–H and O–H groups in total. The normalized spacial score (nSPS) is 8.69. The smallest absolute Gasteiger partial charge is 0.293 e. The van der Waals surface area contributed by atoms with Gasteiger partial charge in [-0.2, -0.15) is 0 Å². The van der Waals surface area contributed by atoms with Gasteiger partial charge in [-0.05, 0) is 24.6 Å². The highest BCUT2D eigenvalue weighted by molar-refractivity contribution is 5.92. The summed E-state index contributed by atoms with van der Waals surface area (Å²) in [6.45, 7) is 1.93. The van der Waals surface area contributed by atoms with Crippen LogP contribution < -0.4 is 11.5 Å². The van der Waals surface area contributed by atoms with Crippen molar-refractivity contribution in [2.45, 2.75) is 6.92 Å². The van der Waals surface area contributed by atoms with E-state index in [-0.39, 0.29) is 0 Å². The van der Waals surface area contributed by atoms with Crippen LogP contribution in [0.15, 0.2) is 18.2 Å². The first-order chi connectivity index (χ1) is 6.09. The molecule has 0 spiro atoms. The fourth-order valence-electron chi connectivity index (χ4n) is 0.907. The standard InChI is InChI=1S/C10H10N2O/c1-7-2-4-9(11)8(6-7)3-5-10(12)13/h2,4,6H,11H2,1H3,(H2,12,13). The second-order valence-corrected chi connectivity index (χ2v) is 2.70. The molecule has 0 heterocycles. The molecule has 0 aromatic heterocycles. The summed E-state index contributed by atoms with van der Waals surface area (Å²) in [5, 5.41) is 0. The summed E-state index contributed by atoms with van der Waals surface area (Å²) >= 11 is 0. The number of nitrogen functional groups attached to an aromatic ring is 1. The Morgan fingerprint density at radius 3 is 2.77 bits per heavy atom. The van der Waals surface area contributed by atoms with Gasteiger partial charge in [-0.1, -0.05) is 12.0 Å². The average molecular weight is 174 g/mol. The SMILES string of the molecule is Cc1ccc(N)c(C#CC(N)=O)c1. The number of carbonyl (C=O) groups excluding carboxylic acids is 1. The van der Waals surface area contributed by atoms with Crippen molar-refractivity contribution in [1.29, 1.82) is 0 Å². The fraction of sp³-hybridized carbons (Fsp3) is 0.100. The van der Waals surface area contributed by atoms with Crippen molar-refractivity contribution in [2.24, 2.45) is 5.73 Å². The molecule has 66 valence electrons. The van der Waals surface area contributed by atoms with Gasteiger partial charge in [-0.15, -0.1) is 0 Å². The Morgan fingerprint density at radius 1 is 1.46 bits per heavy atom. The van der Waals surface area contributed by atoms with Gasteiger partial charge >= 0.3 is 0 Å². The van der Waals surface area contributed by atoms with Crippen molar-refractivity contribution in [1.82, 2.24) is 0 Å². The number of aryl methyl sites for hydroxylation is 1. The molecule has 1 aromatic carbocycles. The maximum atomic E-state index is 10.4. The second-order valence-electron chi connectivity index (χ2n) is 2.70. The van der Waals surface area contributed by atoms with Gasteiger partial charge in [0, 0.05) is 17.2 Å². The van der Waals surface area contributed by atoms with Crippen LogP contribution in [0.5, 0.6) is 0 Å². The van der Waals surface area contributed by atoms with Gasteiger partial charge in [0.05, 0.1) is 0 Å². The maximum Gasteiger partial charge on any atom is 0.293 e. The fourth-order valence-corrected chi connectivity index (χ4v) is 0.907. The second kappa shape index (κ2) is 3.63. The Labute approximate surface area is 76.7 Å².